The molecule has 4 heteroatoms. The average Bonchev–Trinajstić information content (AvgIpc) is 2.78. The molecule has 3 rings (SSSR count). The van der Waals surface area contributed by atoms with E-state index in [2.05, 4.69) is 37.6 Å². The molecule has 0 N–H and O–H groups in total. The largest absolute Gasteiger partial charge is 0.496 e. The number of rotatable bonds is 6. The van der Waals surface area contributed by atoms with Crippen LogP contribution in [-0.2, 0) is 4.79 Å². The van der Waals surface area contributed by atoms with Gasteiger partial charge in [-0.15, -0.1) is 0 Å². The van der Waals surface area contributed by atoms with Crippen molar-refractivity contribution in [1.29, 1.82) is 0 Å². The molecule has 4 nitrogen and oxygen atoms in total. The van der Waals surface area contributed by atoms with Crippen molar-refractivity contribution < 1.29 is 9.53 Å². The lowest BCUT2D eigenvalue weighted by Crippen LogP contribution is -2.32. The first kappa shape index (κ1) is 22.8. The molecule has 1 unspecified atom stereocenters. The number of nitrogens with zero attached hydrogens (tertiary/aromatic N) is 2. The van der Waals surface area contributed by atoms with E-state index in [1.807, 2.05) is 44.3 Å². The maximum atomic E-state index is 13.1. The number of hydrogen-bond acceptors (Lipinski definition) is 3. The fourth-order valence-corrected chi connectivity index (χ4v) is 4.13. The highest BCUT2D eigenvalue weighted by Gasteiger charge is 2.22. The number of benzene rings is 1. The van der Waals surface area contributed by atoms with Crippen LogP contribution in [0.1, 0.15) is 44.2 Å². The zero-order valence-corrected chi connectivity index (χ0v) is 19.4. The van der Waals surface area contributed by atoms with Gasteiger partial charge < -0.3 is 9.64 Å². The maximum absolute atomic E-state index is 13.1. The summed E-state index contributed by atoms with van der Waals surface area (Å²) in [5.74, 6) is 0.760. The minimum Gasteiger partial charge on any atom is -0.496 e. The summed E-state index contributed by atoms with van der Waals surface area (Å²) in [5.41, 5.74) is 6.07. The summed E-state index contributed by atoms with van der Waals surface area (Å²) >= 11 is 0. The van der Waals surface area contributed by atoms with Crippen molar-refractivity contribution in [1.82, 2.24) is 9.80 Å². The number of carbonyl (C=O) groups excluding carboxylic acids is 1. The molecule has 164 valence electrons. The molecule has 0 radical (unpaired) electrons. The SMILES string of the molecule is C=C1C=CC(C2=CCC(N(C)CC)CC2)=CN1C(=O)/C=C(\C)c1ccc(OC)c(C)c1. The summed E-state index contributed by atoms with van der Waals surface area (Å²) in [4.78, 5) is 17.1. The molecule has 1 aliphatic carbocycles. The van der Waals surface area contributed by atoms with Gasteiger partial charge in [-0.3, -0.25) is 9.69 Å². The minimum atomic E-state index is -0.0853. The summed E-state index contributed by atoms with van der Waals surface area (Å²) in [6.45, 7) is 11.3. The van der Waals surface area contributed by atoms with Crippen LogP contribution in [0, 0.1) is 6.92 Å². The zero-order chi connectivity index (χ0) is 22.5. The standard InChI is InChI=1S/C27H34N2O2/c1-7-28(5)25-13-10-22(11-14-25)24-9-8-21(4)29(18-24)27(30)17-19(2)23-12-15-26(31-6)20(3)16-23/h8-10,12,15-18,25H,4,7,11,13-14H2,1-3,5-6H3/b19-17+. The van der Waals surface area contributed by atoms with Gasteiger partial charge in [0.25, 0.3) is 5.91 Å². The first-order chi connectivity index (χ1) is 14.8. The van der Waals surface area contributed by atoms with Gasteiger partial charge in [-0.1, -0.05) is 31.7 Å². The summed E-state index contributed by atoms with van der Waals surface area (Å²) in [5, 5.41) is 0. The quantitative estimate of drug-likeness (QED) is 0.561. The summed E-state index contributed by atoms with van der Waals surface area (Å²) in [7, 11) is 3.85. The maximum Gasteiger partial charge on any atom is 0.255 e. The fourth-order valence-electron chi connectivity index (χ4n) is 4.13. The second-order valence-electron chi connectivity index (χ2n) is 8.36. The van der Waals surface area contributed by atoms with E-state index in [9.17, 15) is 4.79 Å². The lowest BCUT2D eigenvalue weighted by Gasteiger charge is -2.31. The molecule has 1 aromatic carbocycles. The molecule has 2 aliphatic rings. The van der Waals surface area contributed by atoms with E-state index in [0.29, 0.717) is 11.7 Å². The highest BCUT2D eigenvalue weighted by Crippen LogP contribution is 2.30. The number of carbonyl (C=O) groups is 1. The van der Waals surface area contributed by atoms with Crippen molar-refractivity contribution in [3.8, 4) is 5.75 Å². The first-order valence-corrected chi connectivity index (χ1v) is 11.0. The monoisotopic (exact) mass is 418 g/mol. The van der Waals surface area contributed by atoms with E-state index in [0.717, 1.165) is 53.8 Å². The van der Waals surface area contributed by atoms with Crippen molar-refractivity contribution >= 4 is 11.5 Å². The summed E-state index contributed by atoms with van der Waals surface area (Å²) in [6, 6.07) is 6.56. The molecule has 0 saturated heterocycles. The number of ether oxygens (including phenoxy) is 1. The molecule has 0 aromatic heterocycles. The third-order valence-electron chi connectivity index (χ3n) is 6.34. The molecule has 1 aliphatic heterocycles. The predicted molar refractivity (Wildman–Crippen MR) is 129 cm³/mol. The molecular weight excluding hydrogens is 384 g/mol. The van der Waals surface area contributed by atoms with E-state index in [1.165, 1.54) is 5.57 Å². The van der Waals surface area contributed by atoms with Crippen LogP contribution in [0.2, 0.25) is 0 Å². The second kappa shape index (κ2) is 9.97. The van der Waals surface area contributed by atoms with Gasteiger partial charge in [0.05, 0.1) is 7.11 Å². The summed E-state index contributed by atoms with van der Waals surface area (Å²) in [6.07, 6.45) is 13.2. The zero-order valence-electron chi connectivity index (χ0n) is 19.4. The number of amides is 1. The Kier molecular flexibility index (Phi) is 7.34. The predicted octanol–water partition coefficient (Wildman–Crippen LogP) is 5.63. The molecule has 0 fully saturated rings. The highest BCUT2D eigenvalue weighted by molar-refractivity contribution is 5.97. The Balaban J connectivity index is 1.77. The van der Waals surface area contributed by atoms with Crippen LogP contribution in [0.3, 0.4) is 0 Å². The molecule has 0 bridgehead atoms. The van der Waals surface area contributed by atoms with Gasteiger partial charge in [-0.05, 0) is 92.8 Å². The van der Waals surface area contributed by atoms with Gasteiger partial charge in [-0.2, -0.15) is 0 Å². The van der Waals surface area contributed by atoms with Crippen molar-refractivity contribution in [3.05, 3.63) is 83.3 Å². The Morgan fingerprint density at radius 2 is 2.13 bits per heavy atom. The Morgan fingerprint density at radius 1 is 1.35 bits per heavy atom. The second-order valence-corrected chi connectivity index (χ2v) is 8.36. The van der Waals surface area contributed by atoms with Crippen LogP contribution in [0.4, 0.5) is 0 Å². The molecule has 0 spiro atoms. The molecule has 31 heavy (non-hydrogen) atoms. The van der Waals surface area contributed by atoms with Crippen LogP contribution < -0.4 is 4.74 Å². The third-order valence-corrected chi connectivity index (χ3v) is 6.34. The van der Waals surface area contributed by atoms with Gasteiger partial charge >= 0.3 is 0 Å². The Labute approximate surface area is 186 Å². The van der Waals surface area contributed by atoms with Crippen LogP contribution in [0.25, 0.3) is 5.57 Å². The van der Waals surface area contributed by atoms with Crippen molar-refractivity contribution in [2.75, 3.05) is 20.7 Å². The van der Waals surface area contributed by atoms with Gasteiger partial charge in [0.2, 0.25) is 0 Å². The van der Waals surface area contributed by atoms with Crippen molar-refractivity contribution in [2.45, 2.75) is 46.1 Å². The first-order valence-electron chi connectivity index (χ1n) is 11.0. The van der Waals surface area contributed by atoms with E-state index in [1.54, 1.807) is 18.1 Å². The molecule has 1 amide bonds. The van der Waals surface area contributed by atoms with Crippen molar-refractivity contribution in [3.63, 3.8) is 0 Å². The molecular formula is C27H34N2O2. The van der Waals surface area contributed by atoms with Gasteiger partial charge in [0, 0.05) is 24.0 Å². The van der Waals surface area contributed by atoms with Crippen molar-refractivity contribution in [2.24, 2.45) is 0 Å². The molecule has 1 atom stereocenters. The highest BCUT2D eigenvalue weighted by atomic mass is 16.5. The van der Waals surface area contributed by atoms with Gasteiger partial charge in [-0.25, -0.2) is 0 Å². The number of allylic oxidation sites excluding steroid dienone is 5. The van der Waals surface area contributed by atoms with Crippen LogP contribution in [-0.4, -0.2) is 42.5 Å². The Hall–Kier alpha value is -2.85. The van der Waals surface area contributed by atoms with Gasteiger partial charge in [0.1, 0.15) is 5.75 Å². The normalized spacial score (nSPS) is 19.4. The van der Waals surface area contributed by atoms with Crippen LogP contribution in [0.5, 0.6) is 5.75 Å². The Morgan fingerprint density at radius 3 is 2.74 bits per heavy atom. The summed E-state index contributed by atoms with van der Waals surface area (Å²) < 4.78 is 5.34. The topological polar surface area (TPSA) is 32.8 Å². The minimum absolute atomic E-state index is 0.0853. The average molecular weight is 419 g/mol. The Bertz CT molecular complexity index is 981. The van der Waals surface area contributed by atoms with E-state index in [4.69, 9.17) is 4.74 Å². The lowest BCUT2D eigenvalue weighted by atomic mass is 9.89. The van der Waals surface area contributed by atoms with Gasteiger partial charge in [0.15, 0.2) is 0 Å². The van der Waals surface area contributed by atoms with E-state index >= 15 is 0 Å². The third kappa shape index (κ3) is 5.26. The molecule has 1 heterocycles. The number of methoxy groups -OCH3 is 1. The van der Waals surface area contributed by atoms with Crippen LogP contribution >= 0.6 is 0 Å². The van der Waals surface area contributed by atoms with Crippen LogP contribution in [0.15, 0.2) is 72.1 Å². The fraction of sp³-hybridized carbons (Fsp3) is 0.370. The smallest absolute Gasteiger partial charge is 0.255 e. The van der Waals surface area contributed by atoms with E-state index < -0.39 is 0 Å². The molecule has 1 aromatic rings. The molecule has 0 saturated carbocycles. The van der Waals surface area contributed by atoms with E-state index in [-0.39, 0.29) is 5.91 Å². The number of hydrogen-bond donors (Lipinski definition) is 0. The number of aryl methyl sites for hydroxylation is 1. The lowest BCUT2D eigenvalue weighted by molar-refractivity contribution is -0.121.